The third-order valence-corrected chi connectivity index (χ3v) is 4.50. The third-order valence-electron chi connectivity index (χ3n) is 3.03. The van der Waals surface area contributed by atoms with E-state index in [-0.39, 0.29) is 23.1 Å². The summed E-state index contributed by atoms with van der Waals surface area (Å²) in [6.45, 7) is 2.02. The van der Waals surface area contributed by atoms with Gasteiger partial charge < -0.3 is 4.74 Å². The first-order chi connectivity index (χ1) is 10.8. The molecule has 0 radical (unpaired) electrons. The molecule has 0 atom stereocenters. The molecule has 1 rings (SSSR count). The maximum atomic E-state index is 12.0. The van der Waals surface area contributed by atoms with Gasteiger partial charge in [0.15, 0.2) is 0 Å². The molecule has 0 heterocycles. The fourth-order valence-electron chi connectivity index (χ4n) is 1.83. The molecule has 0 bridgehead atoms. The zero-order valence-corrected chi connectivity index (χ0v) is 13.7. The van der Waals surface area contributed by atoms with Crippen LogP contribution in [0.3, 0.4) is 0 Å². The summed E-state index contributed by atoms with van der Waals surface area (Å²) in [5, 5.41) is 10.5. The number of rotatable bonds is 10. The number of nitrogens with zero attached hydrogens (tertiary/aromatic N) is 1. The van der Waals surface area contributed by atoms with Crippen molar-refractivity contribution < 1.29 is 22.9 Å². The van der Waals surface area contributed by atoms with E-state index >= 15 is 0 Å². The minimum atomic E-state index is -3.65. The molecule has 23 heavy (non-hydrogen) atoms. The molecule has 1 N–H and O–H groups in total. The molecule has 128 valence electrons. The van der Waals surface area contributed by atoms with Crippen LogP contribution in [0.2, 0.25) is 0 Å². The summed E-state index contributed by atoms with van der Waals surface area (Å²) in [7, 11) is -3.65. The number of unbranched alkanes of at least 4 members (excludes halogenated alkanes) is 3. The average molecular weight is 344 g/mol. The Kier molecular flexibility index (Phi) is 7.63. The van der Waals surface area contributed by atoms with E-state index in [0.717, 1.165) is 31.4 Å². The molecule has 0 unspecified atom stereocenters. The number of nitrogens with one attached hydrogen (secondary N) is 1. The molecule has 1 aromatic rings. The van der Waals surface area contributed by atoms with Crippen molar-refractivity contribution in [2.45, 2.75) is 37.5 Å². The Bertz CT molecular complexity index is 627. The van der Waals surface area contributed by atoms with Crippen LogP contribution in [0.25, 0.3) is 0 Å². The van der Waals surface area contributed by atoms with Crippen LogP contribution < -0.4 is 4.72 Å². The first-order valence-corrected chi connectivity index (χ1v) is 8.69. The van der Waals surface area contributed by atoms with Gasteiger partial charge >= 0.3 is 5.97 Å². The first kappa shape index (κ1) is 19.0. The van der Waals surface area contributed by atoms with Crippen LogP contribution in [0, 0.1) is 10.1 Å². The van der Waals surface area contributed by atoms with Crippen LogP contribution in [-0.2, 0) is 19.6 Å². The Balaban J connectivity index is 2.30. The highest BCUT2D eigenvalue weighted by Gasteiger charge is 2.14. The Morgan fingerprint density at radius 1 is 1.17 bits per heavy atom. The van der Waals surface area contributed by atoms with Crippen LogP contribution in [0.5, 0.6) is 0 Å². The molecular weight excluding hydrogens is 324 g/mol. The van der Waals surface area contributed by atoms with Crippen LogP contribution in [0.1, 0.15) is 32.6 Å². The summed E-state index contributed by atoms with van der Waals surface area (Å²) in [4.78, 5) is 20.5. The van der Waals surface area contributed by atoms with E-state index in [1.807, 2.05) is 0 Å². The molecule has 0 aromatic heterocycles. The van der Waals surface area contributed by atoms with Gasteiger partial charge in [-0.1, -0.05) is 12.8 Å². The van der Waals surface area contributed by atoms with Gasteiger partial charge in [-0.05, 0) is 25.0 Å². The van der Waals surface area contributed by atoms with E-state index in [2.05, 4.69) is 4.72 Å². The SMILES string of the molecule is CC(=O)OCCCCCCNS(=O)(=O)c1ccc([N+](=O)[O-])cc1. The van der Waals surface area contributed by atoms with E-state index < -0.39 is 14.9 Å². The fraction of sp³-hybridized carbons (Fsp3) is 0.500. The number of nitro benzene ring substituents is 1. The molecular formula is C14H20N2O6S. The van der Waals surface area contributed by atoms with Crippen molar-refractivity contribution >= 4 is 21.7 Å². The maximum absolute atomic E-state index is 12.0. The molecule has 0 aliphatic carbocycles. The van der Waals surface area contributed by atoms with E-state index in [4.69, 9.17) is 4.74 Å². The second-order valence-electron chi connectivity index (χ2n) is 4.90. The number of sulfonamides is 1. The molecule has 0 aliphatic heterocycles. The van der Waals surface area contributed by atoms with Crippen LogP contribution >= 0.6 is 0 Å². The summed E-state index contributed by atoms with van der Waals surface area (Å²) >= 11 is 0. The lowest BCUT2D eigenvalue weighted by molar-refractivity contribution is -0.384. The van der Waals surface area contributed by atoms with E-state index in [1.165, 1.54) is 19.1 Å². The van der Waals surface area contributed by atoms with Crippen molar-refractivity contribution in [3.8, 4) is 0 Å². The molecule has 0 aliphatic rings. The van der Waals surface area contributed by atoms with E-state index in [9.17, 15) is 23.3 Å². The van der Waals surface area contributed by atoms with Crippen molar-refractivity contribution in [1.29, 1.82) is 0 Å². The maximum Gasteiger partial charge on any atom is 0.302 e. The van der Waals surface area contributed by atoms with Gasteiger partial charge in [0.1, 0.15) is 0 Å². The van der Waals surface area contributed by atoms with Crippen LogP contribution in [-0.4, -0.2) is 32.5 Å². The first-order valence-electron chi connectivity index (χ1n) is 7.20. The van der Waals surface area contributed by atoms with Crippen molar-refractivity contribution in [1.82, 2.24) is 4.72 Å². The average Bonchev–Trinajstić information content (AvgIpc) is 2.49. The Morgan fingerprint density at radius 3 is 2.35 bits per heavy atom. The summed E-state index contributed by atoms with van der Waals surface area (Å²) in [6.07, 6.45) is 3.05. The summed E-state index contributed by atoms with van der Waals surface area (Å²) < 4.78 is 31.2. The van der Waals surface area contributed by atoms with Crippen LogP contribution in [0.15, 0.2) is 29.2 Å². The lowest BCUT2D eigenvalue weighted by atomic mass is 10.2. The molecule has 1 aromatic carbocycles. The molecule has 0 amide bonds. The Labute approximate surface area is 135 Å². The second-order valence-corrected chi connectivity index (χ2v) is 6.67. The smallest absolute Gasteiger partial charge is 0.302 e. The monoisotopic (exact) mass is 344 g/mol. The molecule has 9 heteroatoms. The largest absolute Gasteiger partial charge is 0.466 e. The normalized spacial score (nSPS) is 11.2. The number of hydrogen-bond donors (Lipinski definition) is 1. The number of carbonyl (C=O) groups excluding carboxylic acids is 1. The minimum absolute atomic E-state index is 0.00189. The van der Waals surface area contributed by atoms with Gasteiger partial charge in [0.2, 0.25) is 10.0 Å². The lowest BCUT2D eigenvalue weighted by Gasteiger charge is -2.06. The highest BCUT2D eigenvalue weighted by Crippen LogP contribution is 2.15. The van der Waals surface area contributed by atoms with Gasteiger partial charge in [-0.25, -0.2) is 13.1 Å². The third kappa shape index (κ3) is 7.20. The summed E-state index contributed by atoms with van der Waals surface area (Å²) in [6, 6.07) is 4.73. The fourth-order valence-corrected chi connectivity index (χ4v) is 2.91. The molecule has 8 nitrogen and oxygen atoms in total. The van der Waals surface area contributed by atoms with Gasteiger partial charge in [0.05, 0.1) is 16.4 Å². The van der Waals surface area contributed by atoms with Crippen molar-refractivity contribution in [3.05, 3.63) is 34.4 Å². The standard InChI is InChI=1S/C14H20N2O6S/c1-12(17)22-11-5-3-2-4-10-15-23(20,21)14-8-6-13(7-9-14)16(18)19/h6-9,15H,2-5,10-11H2,1H3. The van der Waals surface area contributed by atoms with Gasteiger partial charge in [-0.2, -0.15) is 0 Å². The number of esters is 1. The topological polar surface area (TPSA) is 116 Å². The predicted octanol–water partition coefficient (Wildman–Crippen LogP) is 2.00. The van der Waals surface area contributed by atoms with Gasteiger partial charge in [-0.3, -0.25) is 14.9 Å². The predicted molar refractivity (Wildman–Crippen MR) is 83.4 cm³/mol. The quantitative estimate of drug-likeness (QED) is 0.300. The van der Waals surface area contributed by atoms with Crippen molar-refractivity contribution in [2.75, 3.05) is 13.2 Å². The van der Waals surface area contributed by atoms with Gasteiger partial charge in [-0.15, -0.1) is 0 Å². The highest BCUT2D eigenvalue weighted by atomic mass is 32.2. The Hall–Kier alpha value is -2.00. The molecule has 0 saturated carbocycles. The van der Waals surface area contributed by atoms with Gasteiger partial charge in [0, 0.05) is 25.6 Å². The second kappa shape index (κ2) is 9.21. The number of non-ortho nitro benzene ring substituents is 1. The summed E-state index contributed by atoms with van der Waals surface area (Å²) in [5.74, 6) is -0.305. The number of carbonyl (C=O) groups is 1. The highest BCUT2D eigenvalue weighted by molar-refractivity contribution is 7.89. The number of benzene rings is 1. The molecule has 0 spiro atoms. The molecule has 0 saturated heterocycles. The van der Waals surface area contributed by atoms with E-state index in [0.29, 0.717) is 13.0 Å². The zero-order valence-electron chi connectivity index (χ0n) is 12.9. The number of nitro groups is 1. The van der Waals surface area contributed by atoms with Crippen molar-refractivity contribution in [2.24, 2.45) is 0 Å². The van der Waals surface area contributed by atoms with Crippen molar-refractivity contribution in [3.63, 3.8) is 0 Å². The lowest BCUT2D eigenvalue weighted by Crippen LogP contribution is -2.24. The number of hydrogen-bond acceptors (Lipinski definition) is 6. The van der Waals surface area contributed by atoms with Gasteiger partial charge in [0.25, 0.3) is 5.69 Å². The number of ether oxygens (including phenoxy) is 1. The summed E-state index contributed by atoms with van der Waals surface area (Å²) in [5.41, 5.74) is -0.156. The zero-order chi connectivity index (χ0) is 17.3. The molecule has 0 fully saturated rings. The van der Waals surface area contributed by atoms with Crippen LogP contribution in [0.4, 0.5) is 5.69 Å². The Morgan fingerprint density at radius 2 is 1.78 bits per heavy atom. The minimum Gasteiger partial charge on any atom is -0.466 e. The van der Waals surface area contributed by atoms with E-state index in [1.54, 1.807) is 0 Å².